The standard InChI is InChI=1S/C26H36N4O6S/c1-7-20(5)27-26(32)23(8-2)28(16-21-11-9-10-18(3)14-21)25(31)17-29(37(6,35)36)24-15-22(30(33)34)13-12-19(24)4/h9-15,20,23H,7-8,16-17H2,1-6H3,(H,27,32). The van der Waals surface area contributed by atoms with Crippen molar-refractivity contribution in [3.05, 3.63) is 69.3 Å². The van der Waals surface area contributed by atoms with Gasteiger partial charge in [0, 0.05) is 24.7 Å². The third-order valence-corrected chi connectivity index (χ3v) is 7.30. The zero-order chi connectivity index (χ0) is 27.9. The number of aryl methyl sites for hydroxylation is 2. The first-order chi connectivity index (χ1) is 17.3. The summed E-state index contributed by atoms with van der Waals surface area (Å²) in [6.07, 6.45) is 1.97. The van der Waals surface area contributed by atoms with Gasteiger partial charge in [-0.1, -0.05) is 49.7 Å². The summed E-state index contributed by atoms with van der Waals surface area (Å²) in [5.74, 6) is -0.917. The first kappa shape index (κ1) is 29.8. The third-order valence-electron chi connectivity index (χ3n) is 6.17. The van der Waals surface area contributed by atoms with Crippen LogP contribution < -0.4 is 9.62 Å². The van der Waals surface area contributed by atoms with Crippen LogP contribution in [0.15, 0.2) is 42.5 Å². The molecule has 0 heterocycles. The highest BCUT2D eigenvalue weighted by Gasteiger charge is 2.33. The van der Waals surface area contributed by atoms with Crippen LogP contribution >= 0.6 is 0 Å². The molecule has 0 aromatic heterocycles. The van der Waals surface area contributed by atoms with E-state index in [1.165, 1.54) is 17.0 Å². The SMILES string of the molecule is CCC(C)NC(=O)C(CC)N(Cc1cccc(C)c1)C(=O)CN(c1cc([N+](=O)[O-])ccc1C)S(C)(=O)=O. The van der Waals surface area contributed by atoms with E-state index in [4.69, 9.17) is 0 Å². The summed E-state index contributed by atoms with van der Waals surface area (Å²) in [6, 6.07) is 10.4. The fourth-order valence-electron chi connectivity index (χ4n) is 3.94. The van der Waals surface area contributed by atoms with Gasteiger partial charge in [0.05, 0.1) is 16.9 Å². The number of nitrogens with one attached hydrogen (secondary N) is 1. The van der Waals surface area contributed by atoms with Crippen LogP contribution in [0, 0.1) is 24.0 Å². The minimum absolute atomic E-state index is 0.0395. The van der Waals surface area contributed by atoms with Crippen LogP contribution in [0.2, 0.25) is 0 Å². The molecule has 0 saturated heterocycles. The largest absolute Gasteiger partial charge is 0.352 e. The third kappa shape index (κ3) is 8.01. The lowest BCUT2D eigenvalue weighted by Crippen LogP contribution is -2.53. The Bertz CT molecular complexity index is 1250. The van der Waals surface area contributed by atoms with Gasteiger partial charge in [-0.3, -0.25) is 24.0 Å². The quantitative estimate of drug-likeness (QED) is 0.328. The number of nitro groups is 1. The molecule has 2 unspecified atom stereocenters. The molecule has 0 aliphatic carbocycles. The number of hydrogen-bond donors (Lipinski definition) is 1. The fourth-order valence-corrected chi connectivity index (χ4v) is 4.84. The Morgan fingerprint density at radius 3 is 2.30 bits per heavy atom. The van der Waals surface area contributed by atoms with Crippen molar-refractivity contribution in [2.75, 3.05) is 17.1 Å². The van der Waals surface area contributed by atoms with Crippen LogP contribution in [-0.4, -0.2) is 54.9 Å². The van der Waals surface area contributed by atoms with Crippen LogP contribution in [0.1, 0.15) is 50.3 Å². The molecule has 0 fully saturated rings. The van der Waals surface area contributed by atoms with E-state index in [9.17, 15) is 28.1 Å². The van der Waals surface area contributed by atoms with Crippen LogP contribution in [0.3, 0.4) is 0 Å². The second-order valence-electron chi connectivity index (χ2n) is 9.25. The minimum Gasteiger partial charge on any atom is -0.352 e. The Balaban J connectivity index is 2.53. The molecule has 1 N–H and O–H groups in total. The Hall–Kier alpha value is -3.47. The van der Waals surface area contributed by atoms with Gasteiger partial charge in [-0.2, -0.15) is 0 Å². The second kappa shape index (κ2) is 12.7. The summed E-state index contributed by atoms with van der Waals surface area (Å²) in [4.78, 5) is 39.0. The van der Waals surface area contributed by atoms with Gasteiger partial charge in [0.15, 0.2) is 0 Å². The zero-order valence-electron chi connectivity index (χ0n) is 22.2. The number of sulfonamides is 1. The van der Waals surface area contributed by atoms with Crippen LogP contribution in [0.5, 0.6) is 0 Å². The highest BCUT2D eigenvalue weighted by atomic mass is 32.2. The zero-order valence-corrected chi connectivity index (χ0v) is 23.0. The maximum Gasteiger partial charge on any atom is 0.271 e. The number of non-ortho nitro benzene ring substituents is 1. The molecular formula is C26H36N4O6S. The fraction of sp³-hybridized carbons (Fsp3) is 0.462. The summed E-state index contributed by atoms with van der Waals surface area (Å²) in [7, 11) is -4.00. The molecule has 2 rings (SSSR count). The molecule has 0 radical (unpaired) electrons. The monoisotopic (exact) mass is 532 g/mol. The van der Waals surface area contributed by atoms with Gasteiger partial charge >= 0.3 is 0 Å². The molecule has 2 aromatic rings. The number of anilines is 1. The Morgan fingerprint density at radius 2 is 1.76 bits per heavy atom. The first-order valence-electron chi connectivity index (χ1n) is 12.2. The van der Waals surface area contributed by atoms with Crippen LogP contribution in [-0.2, 0) is 26.2 Å². The molecule has 37 heavy (non-hydrogen) atoms. The summed E-state index contributed by atoms with van der Waals surface area (Å²) in [5, 5.41) is 14.2. The Labute approximate surface area is 218 Å². The van der Waals surface area contributed by atoms with Crippen molar-refractivity contribution in [3.8, 4) is 0 Å². The van der Waals surface area contributed by atoms with Crippen molar-refractivity contribution in [2.45, 2.75) is 66.1 Å². The normalized spacial score (nSPS) is 12.9. The van der Waals surface area contributed by atoms with Gasteiger partial charge in [-0.25, -0.2) is 8.42 Å². The van der Waals surface area contributed by atoms with E-state index in [0.717, 1.165) is 27.8 Å². The molecule has 0 bridgehead atoms. The van der Waals surface area contributed by atoms with Crippen molar-refractivity contribution in [1.29, 1.82) is 0 Å². The number of hydrogen-bond acceptors (Lipinski definition) is 6. The number of nitro benzene ring substituents is 1. The van der Waals surface area contributed by atoms with Gasteiger partial charge in [-0.15, -0.1) is 0 Å². The summed E-state index contributed by atoms with van der Waals surface area (Å²) >= 11 is 0. The molecule has 202 valence electrons. The van der Waals surface area contributed by atoms with Gasteiger partial charge in [0.1, 0.15) is 12.6 Å². The predicted octanol–water partition coefficient (Wildman–Crippen LogP) is 3.70. The maximum absolute atomic E-state index is 13.8. The lowest BCUT2D eigenvalue weighted by atomic mass is 10.1. The molecule has 0 spiro atoms. The topological polar surface area (TPSA) is 130 Å². The Kier molecular flexibility index (Phi) is 10.2. The molecule has 10 nitrogen and oxygen atoms in total. The molecule has 0 saturated carbocycles. The van der Waals surface area contributed by atoms with Gasteiger partial charge in [-0.05, 0) is 44.7 Å². The average Bonchev–Trinajstić information content (AvgIpc) is 2.81. The van der Waals surface area contributed by atoms with E-state index in [1.54, 1.807) is 13.8 Å². The number of amides is 2. The maximum atomic E-state index is 13.8. The van der Waals surface area contributed by atoms with Crippen LogP contribution in [0.25, 0.3) is 0 Å². The van der Waals surface area contributed by atoms with Gasteiger partial charge in [0.25, 0.3) is 5.69 Å². The molecule has 0 aliphatic rings. The summed E-state index contributed by atoms with van der Waals surface area (Å²) in [5.41, 5.74) is 1.97. The Morgan fingerprint density at radius 1 is 1.08 bits per heavy atom. The summed E-state index contributed by atoms with van der Waals surface area (Å²) in [6.45, 7) is 8.61. The van der Waals surface area contributed by atoms with Crippen LogP contribution in [0.4, 0.5) is 11.4 Å². The van der Waals surface area contributed by atoms with Gasteiger partial charge in [0.2, 0.25) is 21.8 Å². The lowest BCUT2D eigenvalue weighted by Gasteiger charge is -2.33. The number of rotatable bonds is 12. The molecule has 2 amide bonds. The van der Waals surface area contributed by atoms with Crippen molar-refractivity contribution in [1.82, 2.24) is 10.2 Å². The highest BCUT2D eigenvalue weighted by molar-refractivity contribution is 7.92. The predicted molar refractivity (Wildman–Crippen MR) is 144 cm³/mol. The molecule has 0 aliphatic heterocycles. The number of carbonyl (C=O) groups excluding carboxylic acids is 2. The summed E-state index contributed by atoms with van der Waals surface area (Å²) < 4.78 is 26.4. The van der Waals surface area contributed by atoms with E-state index in [0.29, 0.717) is 18.4 Å². The van der Waals surface area contributed by atoms with E-state index in [1.807, 2.05) is 45.0 Å². The van der Waals surface area contributed by atoms with E-state index in [2.05, 4.69) is 5.32 Å². The first-order valence-corrected chi connectivity index (χ1v) is 14.0. The van der Waals surface area contributed by atoms with Crippen molar-refractivity contribution >= 4 is 33.2 Å². The number of benzene rings is 2. The molecule has 11 heteroatoms. The van der Waals surface area contributed by atoms with Crippen molar-refractivity contribution in [3.63, 3.8) is 0 Å². The van der Waals surface area contributed by atoms with Crippen molar-refractivity contribution in [2.24, 2.45) is 0 Å². The van der Waals surface area contributed by atoms with Crippen molar-refractivity contribution < 1.29 is 22.9 Å². The average molecular weight is 533 g/mol. The molecule has 2 atom stereocenters. The minimum atomic E-state index is -4.00. The highest BCUT2D eigenvalue weighted by Crippen LogP contribution is 2.28. The number of carbonyl (C=O) groups is 2. The second-order valence-corrected chi connectivity index (χ2v) is 11.2. The number of nitrogens with zero attached hydrogens (tertiary/aromatic N) is 3. The molecule has 2 aromatic carbocycles. The molecular weight excluding hydrogens is 496 g/mol. The lowest BCUT2D eigenvalue weighted by molar-refractivity contribution is -0.384. The van der Waals surface area contributed by atoms with E-state index in [-0.39, 0.29) is 29.9 Å². The van der Waals surface area contributed by atoms with E-state index < -0.39 is 33.4 Å². The van der Waals surface area contributed by atoms with Gasteiger partial charge < -0.3 is 10.2 Å². The van der Waals surface area contributed by atoms with E-state index >= 15 is 0 Å². The smallest absolute Gasteiger partial charge is 0.271 e.